The summed E-state index contributed by atoms with van der Waals surface area (Å²) < 4.78 is 0. The number of nitrogens with zero attached hydrogens (tertiary/aromatic N) is 4. The first-order valence-corrected chi connectivity index (χ1v) is 10.9. The third kappa shape index (κ3) is 3.97. The number of halogens is 1. The van der Waals surface area contributed by atoms with Crippen molar-refractivity contribution in [1.82, 2.24) is 9.97 Å². The molecule has 2 fully saturated rings. The molecule has 3 aromatic rings. The highest BCUT2D eigenvalue weighted by atomic mass is 35.5. The number of hydrogen-bond donors (Lipinski definition) is 1. The maximum absolute atomic E-state index is 6.17. The maximum atomic E-state index is 6.17. The molecule has 1 aliphatic heterocycles. The number of aromatic nitrogens is 2. The predicted molar refractivity (Wildman–Crippen MR) is 121 cm³/mol. The minimum absolute atomic E-state index is 0.529. The highest BCUT2D eigenvalue weighted by Gasteiger charge is 2.22. The molecular formula is C23H26ClN5. The van der Waals surface area contributed by atoms with Crippen molar-refractivity contribution in [3.8, 4) is 0 Å². The second-order valence-corrected chi connectivity index (χ2v) is 8.41. The molecule has 2 aliphatic rings. The summed E-state index contributed by atoms with van der Waals surface area (Å²) in [7, 11) is 0. The molecule has 0 amide bonds. The highest BCUT2D eigenvalue weighted by molar-refractivity contribution is 6.30. The fourth-order valence-corrected chi connectivity index (χ4v) is 4.60. The summed E-state index contributed by atoms with van der Waals surface area (Å²) in [4.78, 5) is 14.5. The van der Waals surface area contributed by atoms with E-state index in [0.717, 1.165) is 53.9 Å². The Hall–Kier alpha value is -2.53. The zero-order chi connectivity index (χ0) is 19.6. The lowest BCUT2D eigenvalue weighted by Gasteiger charge is -2.36. The zero-order valence-corrected chi connectivity index (χ0v) is 17.3. The molecular weight excluding hydrogens is 382 g/mol. The molecule has 1 N–H and O–H groups in total. The van der Waals surface area contributed by atoms with Crippen LogP contribution in [0.15, 0.2) is 48.5 Å². The van der Waals surface area contributed by atoms with Crippen molar-refractivity contribution in [3.05, 3.63) is 53.6 Å². The lowest BCUT2D eigenvalue weighted by Crippen LogP contribution is -2.47. The van der Waals surface area contributed by atoms with Gasteiger partial charge in [0, 0.05) is 48.3 Å². The Labute approximate surface area is 176 Å². The van der Waals surface area contributed by atoms with Gasteiger partial charge in [-0.25, -0.2) is 4.98 Å². The van der Waals surface area contributed by atoms with Crippen LogP contribution < -0.4 is 15.1 Å². The normalized spacial score (nSPS) is 17.8. The molecule has 1 aliphatic carbocycles. The van der Waals surface area contributed by atoms with Crippen molar-refractivity contribution in [2.24, 2.45) is 0 Å². The van der Waals surface area contributed by atoms with Crippen LogP contribution in [-0.4, -0.2) is 42.2 Å². The van der Waals surface area contributed by atoms with Gasteiger partial charge in [0.25, 0.3) is 0 Å². The Bertz CT molecular complexity index is 993. The quantitative estimate of drug-likeness (QED) is 0.661. The fraction of sp³-hybridized carbons (Fsp3) is 0.391. The van der Waals surface area contributed by atoms with E-state index in [2.05, 4.69) is 45.4 Å². The number of para-hydroxylation sites is 1. The van der Waals surface area contributed by atoms with Crippen LogP contribution >= 0.6 is 11.6 Å². The summed E-state index contributed by atoms with van der Waals surface area (Å²) >= 11 is 6.17. The first-order chi connectivity index (χ1) is 14.3. The van der Waals surface area contributed by atoms with Crippen molar-refractivity contribution < 1.29 is 0 Å². The Balaban J connectivity index is 1.37. The number of hydrogen-bond acceptors (Lipinski definition) is 5. The molecule has 6 heteroatoms. The van der Waals surface area contributed by atoms with E-state index in [4.69, 9.17) is 21.6 Å². The number of piperazine rings is 1. The molecule has 1 saturated carbocycles. The van der Waals surface area contributed by atoms with Crippen LogP contribution in [-0.2, 0) is 0 Å². The molecule has 1 aromatic heterocycles. The summed E-state index contributed by atoms with van der Waals surface area (Å²) in [6.45, 7) is 3.66. The number of anilines is 3. The van der Waals surface area contributed by atoms with Gasteiger partial charge in [-0.3, -0.25) is 0 Å². The van der Waals surface area contributed by atoms with E-state index in [1.807, 2.05) is 18.2 Å². The van der Waals surface area contributed by atoms with E-state index in [-0.39, 0.29) is 0 Å². The third-order valence-electron chi connectivity index (χ3n) is 6.02. The molecule has 2 heterocycles. The highest BCUT2D eigenvalue weighted by Crippen LogP contribution is 2.28. The smallest absolute Gasteiger partial charge is 0.228 e. The molecule has 0 unspecified atom stereocenters. The Morgan fingerprint density at radius 2 is 1.62 bits per heavy atom. The number of rotatable bonds is 4. The van der Waals surface area contributed by atoms with Gasteiger partial charge in [-0.05, 0) is 43.2 Å². The standard InChI is InChI=1S/C23H26ClN5/c24-17-6-5-9-19(16-17)28-12-14-29(15-13-28)23-26-21-11-4-3-10-20(21)22(27-23)25-18-7-1-2-8-18/h3-6,9-11,16,18H,1-2,7-8,12-15H2,(H,25,26,27). The minimum Gasteiger partial charge on any atom is -0.368 e. The summed E-state index contributed by atoms with van der Waals surface area (Å²) in [5.74, 6) is 1.81. The SMILES string of the molecule is Clc1cccc(N2CCN(c3nc(NC4CCCC4)c4ccccc4n3)CC2)c1. The molecule has 1 saturated heterocycles. The summed E-state index contributed by atoms with van der Waals surface area (Å²) in [5, 5.41) is 5.60. The molecule has 0 atom stereocenters. The van der Waals surface area contributed by atoms with Crippen LogP contribution in [0.1, 0.15) is 25.7 Å². The van der Waals surface area contributed by atoms with Gasteiger partial charge in [0.15, 0.2) is 0 Å². The lowest BCUT2D eigenvalue weighted by atomic mass is 10.2. The second kappa shape index (κ2) is 8.07. The van der Waals surface area contributed by atoms with Crippen molar-refractivity contribution in [2.45, 2.75) is 31.7 Å². The first-order valence-electron chi connectivity index (χ1n) is 10.5. The largest absolute Gasteiger partial charge is 0.368 e. The van der Waals surface area contributed by atoms with Crippen LogP contribution in [0.2, 0.25) is 5.02 Å². The van der Waals surface area contributed by atoms with Crippen LogP contribution in [0.3, 0.4) is 0 Å². The Kier molecular flexibility index (Phi) is 5.15. The zero-order valence-electron chi connectivity index (χ0n) is 16.5. The average Bonchev–Trinajstić information content (AvgIpc) is 3.27. The molecule has 0 radical (unpaired) electrons. The van der Waals surface area contributed by atoms with Crippen molar-refractivity contribution in [1.29, 1.82) is 0 Å². The molecule has 2 aromatic carbocycles. The van der Waals surface area contributed by atoms with Gasteiger partial charge >= 0.3 is 0 Å². The number of nitrogens with one attached hydrogen (secondary N) is 1. The molecule has 0 spiro atoms. The van der Waals surface area contributed by atoms with Crippen molar-refractivity contribution in [2.75, 3.05) is 41.3 Å². The topological polar surface area (TPSA) is 44.3 Å². The lowest BCUT2D eigenvalue weighted by molar-refractivity contribution is 0.641. The number of fused-ring (bicyclic) bond motifs is 1. The third-order valence-corrected chi connectivity index (χ3v) is 6.26. The van der Waals surface area contributed by atoms with E-state index >= 15 is 0 Å². The Morgan fingerprint density at radius 3 is 2.41 bits per heavy atom. The van der Waals surface area contributed by atoms with Gasteiger partial charge in [-0.2, -0.15) is 4.98 Å². The predicted octanol–water partition coefficient (Wildman–Crippen LogP) is 4.96. The van der Waals surface area contributed by atoms with Gasteiger partial charge in [0.2, 0.25) is 5.95 Å². The van der Waals surface area contributed by atoms with Crippen LogP contribution in [0.4, 0.5) is 17.5 Å². The van der Waals surface area contributed by atoms with E-state index in [9.17, 15) is 0 Å². The van der Waals surface area contributed by atoms with E-state index in [0.29, 0.717) is 6.04 Å². The summed E-state index contributed by atoms with van der Waals surface area (Å²) in [6.07, 6.45) is 5.07. The molecule has 0 bridgehead atoms. The number of benzene rings is 2. The van der Waals surface area contributed by atoms with E-state index < -0.39 is 0 Å². The molecule has 150 valence electrons. The van der Waals surface area contributed by atoms with Crippen molar-refractivity contribution >= 4 is 40.0 Å². The van der Waals surface area contributed by atoms with Gasteiger partial charge in [0.05, 0.1) is 5.52 Å². The van der Waals surface area contributed by atoms with Crippen LogP contribution in [0, 0.1) is 0 Å². The van der Waals surface area contributed by atoms with Gasteiger partial charge in [-0.15, -0.1) is 0 Å². The monoisotopic (exact) mass is 407 g/mol. The first kappa shape index (κ1) is 18.5. The molecule has 5 rings (SSSR count). The van der Waals surface area contributed by atoms with E-state index in [1.165, 1.54) is 31.4 Å². The fourth-order valence-electron chi connectivity index (χ4n) is 4.42. The Morgan fingerprint density at radius 1 is 0.862 bits per heavy atom. The second-order valence-electron chi connectivity index (χ2n) is 7.97. The van der Waals surface area contributed by atoms with Gasteiger partial charge in [0.1, 0.15) is 5.82 Å². The van der Waals surface area contributed by atoms with Gasteiger partial charge < -0.3 is 15.1 Å². The van der Waals surface area contributed by atoms with Crippen LogP contribution in [0.5, 0.6) is 0 Å². The van der Waals surface area contributed by atoms with Crippen LogP contribution in [0.25, 0.3) is 10.9 Å². The van der Waals surface area contributed by atoms with E-state index in [1.54, 1.807) is 0 Å². The minimum atomic E-state index is 0.529. The summed E-state index contributed by atoms with van der Waals surface area (Å²) in [6, 6.07) is 16.9. The summed E-state index contributed by atoms with van der Waals surface area (Å²) in [5.41, 5.74) is 2.19. The molecule has 29 heavy (non-hydrogen) atoms. The molecule has 5 nitrogen and oxygen atoms in total. The maximum Gasteiger partial charge on any atom is 0.228 e. The van der Waals surface area contributed by atoms with Gasteiger partial charge in [-0.1, -0.05) is 42.6 Å². The average molecular weight is 408 g/mol. The van der Waals surface area contributed by atoms with Crippen molar-refractivity contribution in [3.63, 3.8) is 0 Å².